The molecular formula is C20H32O2. The number of hydrogen-bond donors (Lipinski definition) is 1. The number of aliphatic hydroxyl groups excluding tert-OH is 1. The number of epoxide rings is 1. The summed E-state index contributed by atoms with van der Waals surface area (Å²) in [6.07, 6.45) is 8.08. The zero-order chi connectivity index (χ0) is 16.1. The van der Waals surface area contributed by atoms with Crippen LogP contribution in [0.25, 0.3) is 0 Å². The minimum atomic E-state index is -0.203. The lowest BCUT2D eigenvalue weighted by atomic mass is 9.76. The number of fused-ring (bicyclic) bond motifs is 1. The maximum atomic E-state index is 11.0. The molecule has 1 aliphatic heterocycles. The van der Waals surface area contributed by atoms with Gasteiger partial charge in [0.25, 0.3) is 0 Å². The third-order valence-electron chi connectivity index (χ3n) is 6.56. The molecule has 124 valence electrons. The molecular weight excluding hydrogens is 272 g/mol. The molecule has 1 N–H and O–H groups in total. The Hall–Kier alpha value is -0.600. The summed E-state index contributed by atoms with van der Waals surface area (Å²) in [5.41, 5.74) is 2.83. The molecule has 3 aliphatic rings. The third kappa shape index (κ3) is 2.92. The second-order valence-corrected chi connectivity index (χ2v) is 8.43. The van der Waals surface area contributed by atoms with Gasteiger partial charge in [0.15, 0.2) is 0 Å². The molecule has 6 unspecified atom stereocenters. The maximum Gasteiger partial charge on any atom is 0.0892 e. The van der Waals surface area contributed by atoms with Gasteiger partial charge in [-0.2, -0.15) is 0 Å². The van der Waals surface area contributed by atoms with E-state index in [0.29, 0.717) is 29.8 Å². The Morgan fingerprint density at radius 2 is 2.14 bits per heavy atom. The Morgan fingerprint density at radius 3 is 2.77 bits per heavy atom. The van der Waals surface area contributed by atoms with Crippen LogP contribution >= 0.6 is 0 Å². The summed E-state index contributed by atoms with van der Waals surface area (Å²) in [6, 6.07) is 0. The highest BCUT2D eigenvalue weighted by Gasteiger charge is 2.48. The molecule has 0 bridgehead atoms. The first-order chi connectivity index (χ1) is 10.3. The molecule has 2 aliphatic carbocycles. The van der Waals surface area contributed by atoms with Gasteiger partial charge in [-0.05, 0) is 70.6 Å². The van der Waals surface area contributed by atoms with Gasteiger partial charge >= 0.3 is 0 Å². The number of hydrogen-bond acceptors (Lipinski definition) is 2. The van der Waals surface area contributed by atoms with Gasteiger partial charge in [-0.25, -0.2) is 0 Å². The monoisotopic (exact) mass is 304 g/mol. The molecule has 0 radical (unpaired) electrons. The molecule has 1 saturated carbocycles. The van der Waals surface area contributed by atoms with Crippen LogP contribution in [0.5, 0.6) is 0 Å². The fourth-order valence-corrected chi connectivity index (χ4v) is 4.80. The first-order valence-electron chi connectivity index (χ1n) is 9.01. The predicted octanol–water partition coefficient (Wildman–Crippen LogP) is 4.49. The van der Waals surface area contributed by atoms with E-state index >= 15 is 0 Å². The smallest absolute Gasteiger partial charge is 0.0892 e. The first-order valence-corrected chi connectivity index (χ1v) is 9.01. The van der Waals surface area contributed by atoms with Gasteiger partial charge in [0.2, 0.25) is 0 Å². The van der Waals surface area contributed by atoms with Gasteiger partial charge in [0, 0.05) is 5.92 Å². The van der Waals surface area contributed by atoms with Crippen molar-refractivity contribution < 1.29 is 9.84 Å². The van der Waals surface area contributed by atoms with E-state index in [9.17, 15) is 5.11 Å². The van der Waals surface area contributed by atoms with Crippen LogP contribution in [0.2, 0.25) is 0 Å². The van der Waals surface area contributed by atoms with Crippen LogP contribution in [0, 0.1) is 23.7 Å². The van der Waals surface area contributed by atoms with Crippen molar-refractivity contribution in [1.29, 1.82) is 0 Å². The largest absolute Gasteiger partial charge is 0.392 e. The molecule has 1 heterocycles. The van der Waals surface area contributed by atoms with Crippen molar-refractivity contribution in [3.63, 3.8) is 0 Å². The average molecular weight is 304 g/mol. The molecule has 0 amide bonds. The number of allylic oxidation sites excluding steroid dienone is 2. The Labute approximate surface area is 135 Å². The van der Waals surface area contributed by atoms with Gasteiger partial charge in [0.05, 0.1) is 17.8 Å². The fourth-order valence-electron chi connectivity index (χ4n) is 4.80. The van der Waals surface area contributed by atoms with Crippen LogP contribution in [0.1, 0.15) is 59.8 Å². The van der Waals surface area contributed by atoms with Crippen LogP contribution < -0.4 is 0 Å². The lowest BCUT2D eigenvalue weighted by Gasteiger charge is -2.32. The molecule has 22 heavy (non-hydrogen) atoms. The Balaban J connectivity index is 1.64. The van der Waals surface area contributed by atoms with Gasteiger partial charge in [0.1, 0.15) is 0 Å². The van der Waals surface area contributed by atoms with Gasteiger partial charge in [-0.15, -0.1) is 0 Å². The van der Waals surface area contributed by atoms with Crippen molar-refractivity contribution >= 4 is 0 Å². The lowest BCUT2D eigenvalue weighted by Crippen LogP contribution is -2.34. The van der Waals surface area contributed by atoms with Gasteiger partial charge in [-0.1, -0.05) is 30.7 Å². The molecule has 0 aromatic rings. The molecule has 2 fully saturated rings. The summed E-state index contributed by atoms with van der Waals surface area (Å²) < 4.78 is 5.71. The molecule has 0 aromatic heterocycles. The van der Waals surface area contributed by atoms with Crippen LogP contribution in [0.15, 0.2) is 23.8 Å². The topological polar surface area (TPSA) is 32.8 Å². The van der Waals surface area contributed by atoms with E-state index in [4.69, 9.17) is 4.74 Å². The number of aliphatic hydroxyl groups is 1. The van der Waals surface area contributed by atoms with Crippen molar-refractivity contribution in [2.75, 3.05) is 0 Å². The first kappa shape index (κ1) is 16.3. The molecule has 1 saturated heterocycles. The molecule has 3 rings (SSSR count). The molecule has 2 heteroatoms. The highest BCUT2D eigenvalue weighted by Crippen LogP contribution is 2.47. The Morgan fingerprint density at radius 1 is 1.45 bits per heavy atom. The second kappa shape index (κ2) is 5.79. The normalized spacial score (nSPS) is 41.6. The maximum absolute atomic E-state index is 11.0. The summed E-state index contributed by atoms with van der Waals surface area (Å²) in [4.78, 5) is 0. The highest BCUT2D eigenvalue weighted by molar-refractivity contribution is 5.24. The second-order valence-electron chi connectivity index (χ2n) is 8.43. The zero-order valence-electron chi connectivity index (χ0n) is 14.6. The minimum Gasteiger partial charge on any atom is -0.392 e. The SMILES string of the molecule is C=C1CCC(C(C)CCC2OC2(C)C)C(O)C2C(C)=CCC12. The van der Waals surface area contributed by atoms with Gasteiger partial charge in [-0.3, -0.25) is 0 Å². The summed E-state index contributed by atoms with van der Waals surface area (Å²) >= 11 is 0. The van der Waals surface area contributed by atoms with Crippen LogP contribution in [-0.2, 0) is 4.74 Å². The van der Waals surface area contributed by atoms with E-state index < -0.39 is 0 Å². The molecule has 0 spiro atoms. The van der Waals surface area contributed by atoms with Crippen LogP contribution in [0.4, 0.5) is 0 Å². The van der Waals surface area contributed by atoms with Crippen molar-refractivity contribution in [3.05, 3.63) is 23.8 Å². The molecule has 6 atom stereocenters. The summed E-state index contributed by atoms with van der Waals surface area (Å²) in [6.45, 7) is 13.2. The Kier molecular flexibility index (Phi) is 4.28. The number of ether oxygens (including phenoxy) is 1. The van der Waals surface area contributed by atoms with E-state index in [-0.39, 0.29) is 11.7 Å². The molecule has 0 aromatic carbocycles. The zero-order valence-corrected chi connectivity index (χ0v) is 14.6. The van der Waals surface area contributed by atoms with Crippen molar-refractivity contribution in [2.24, 2.45) is 23.7 Å². The van der Waals surface area contributed by atoms with E-state index in [0.717, 1.165) is 32.1 Å². The lowest BCUT2D eigenvalue weighted by molar-refractivity contribution is 0.0296. The van der Waals surface area contributed by atoms with Crippen molar-refractivity contribution in [2.45, 2.75) is 77.6 Å². The molecule has 2 nitrogen and oxygen atoms in total. The minimum absolute atomic E-state index is 0.0892. The van der Waals surface area contributed by atoms with Crippen molar-refractivity contribution in [3.8, 4) is 0 Å². The van der Waals surface area contributed by atoms with Gasteiger partial charge < -0.3 is 9.84 Å². The van der Waals surface area contributed by atoms with E-state index in [1.54, 1.807) is 0 Å². The van der Waals surface area contributed by atoms with E-state index in [2.05, 4.69) is 40.3 Å². The average Bonchev–Trinajstić information content (AvgIpc) is 2.91. The Bertz CT molecular complexity index is 476. The predicted molar refractivity (Wildman–Crippen MR) is 90.6 cm³/mol. The number of rotatable bonds is 4. The van der Waals surface area contributed by atoms with Crippen LogP contribution in [-0.4, -0.2) is 22.9 Å². The third-order valence-corrected chi connectivity index (χ3v) is 6.56. The van der Waals surface area contributed by atoms with E-state index in [1.807, 2.05) is 0 Å². The van der Waals surface area contributed by atoms with E-state index in [1.165, 1.54) is 11.1 Å². The summed E-state index contributed by atoms with van der Waals surface area (Å²) in [5, 5.41) is 11.0. The fraction of sp³-hybridized carbons (Fsp3) is 0.800. The highest BCUT2D eigenvalue weighted by atomic mass is 16.6. The standard InChI is InChI=1S/C20H32O2/c1-12-6-10-16(13(2)8-11-17-20(4,5)22-17)19(21)18-14(3)7-9-15(12)18/h7,13,15-19,21H,1,6,8-11H2,2-5H3. The quantitative estimate of drug-likeness (QED) is 0.613. The van der Waals surface area contributed by atoms with Crippen LogP contribution in [0.3, 0.4) is 0 Å². The van der Waals surface area contributed by atoms with Crippen molar-refractivity contribution in [1.82, 2.24) is 0 Å². The summed E-state index contributed by atoms with van der Waals surface area (Å²) in [5.74, 6) is 1.75. The summed E-state index contributed by atoms with van der Waals surface area (Å²) in [7, 11) is 0.